The van der Waals surface area contributed by atoms with E-state index in [1.54, 1.807) is 25.1 Å². The van der Waals surface area contributed by atoms with Gasteiger partial charge in [-0.05, 0) is 31.5 Å². The summed E-state index contributed by atoms with van der Waals surface area (Å²) in [6.07, 6.45) is 0. The normalized spacial score (nSPS) is 11.7. The third-order valence-corrected chi connectivity index (χ3v) is 3.14. The van der Waals surface area contributed by atoms with Crippen molar-refractivity contribution in [3.8, 4) is 0 Å². The first-order chi connectivity index (χ1) is 9.97. The predicted octanol–water partition coefficient (Wildman–Crippen LogP) is 3.04. The molecule has 1 N–H and O–H groups in total. The number of aryl methyl sites for hydroxylation is 1. The summed E-state index contributed by atoms with van der Waals surface area (Å²) >= 11 is 0. The van der Waals surface area contributed by atoms with E-state index in [2.05, 4.69) is 10.3 Å². The van der Waals surface area contributed by atoms with Gasteiger partial charge in [-0.3, -0.25) is 14.9 Å². The van der Waals surface area contributed by atoms with Crippen molar-refractivity contribution in [3.63, 3.8) is 0 Å². The van der Waals surface area contributed by atoms with Crippen molar-refractivity contribution in [2.45, 2.75) is 19.8 Å². The molecule has 21 heavy (non-hydrogen) atoms. The Bertz CT molecular complexity index is 668. The molecule has 1 atom stereocenters. The average Bonchev–Trinajstić information content (AvgIpc) is 2.46. The summed E-state index contributed by atoms with van der Waals surface area (Å²) in [5.41, 5.74) is 1.54. The smallest absolute Gasteiger partial charge is 0.269 e. The van der Waals surface area contributed by atoms with Gasteiger partial charge in [0.15, 0.2) is 0 Å². The second-order valence-electron chi connectivity index (χ2n) is 4.72. The minimum Gasteiger partial charge on any atom is -0.310 e. The van der Waals surface area contributed by atoms with Crippen LogP contribution in [0.15, 0.2) is 42.5 Å². The van der Waals surface area contributed by atoms with Crippen LogP contribution in [0, 0.1) is 17.0 Å². The number of nitro groups is 1. The summed E-state index contributed by atoms with van der Waals surface area (Å²) < 4.78 is 0. The molecule has 1 amide bonds. The number of pyridine rings is 1. The van der Waals surface area contributed by atoms with Gasteiger partial charge in [-0.15, -0.1) is 0 Å². The first-order valence-electron chi connectivity index (χ1n) is 6.46. The van der Waals surface area contributed by atoms with Gasteiger partial charge in [0.2, 0.25) is 5.91 Å². The van der Waals surface area contributed by atoms with E-state index in [4.69, 9.17) is 0 Å². The van der Waals surface area contributed by atoms with Crippen LogP contribution in [0.2, 0.25) is 0 Å². The number of hydrogen-bond donors (Lipinski definition) is 1. The summed E-state index contributed by atoms with van der Waals surface area (Å²) in [6, 6.07) is 11.3. The van der Waals surface area contributed by atoms with Crippen LogP contribution in [-0.2, 0) is 4.79 Å². The second-order valence-corrected chi connectivity index (χ2v) is 4.72. The molecule has 1 aromatic carbocycles. The van der Waals surface area contributed by atoms with Gasteiger partial charge in [-0.1, -0.05) is 18.2 Å². The van der Waals surface area contributed by atoms with Crippen molar-refractivity contribution >= 4 is 17.4 Å². The maximum atomic E-state index is 12.2. The fourth-order valence-electron chi connectivity index (χ4n) is 1.88. The maximum Gasteiger partial charge on any atom is 0.269 e. The molecule has 6 heteroatoms. The van der Waals surface area contributed by atoms with Crippen molar-refractivity contribution < 1.29 is 9.72 Å². The quantitative estimate of drug-likeness (QED) is 0.691. The molecule has 1 aromatic heterocycles. The molecule has 0 aliphatic carbocycles. The van der Waals surface area contributed by atoms with Gasteiger partial charge < -0.3 is 5.32 Å². The summed E-state index contributed by atoms with van der Waals surface area (Å²) in [4.78, 5) is 26.5. The Hall–Kier alpha value is -2.76. The Morgan fingerprint density at radius 3 is 2.48 bits per heavy atom. The van der Waals surface area contributed by atoms with Crippen LogP contribution < -0.4 is 5.32 Å². The lowest BCUT2D eigenvalue weighted by Crippen LogP contribution is -2.19. The highest BCUT2D eigenvalue weighted by Gasteiger charge is 2.17. The Balaban J connectivity index is 2.10. The Morgan fingerprint density at radius 1 is 1.24 bits per heavy atom. The van der Waals surface area contributed by atoms with Crippen molar-refractivity contribution in [2.24, 2.45) is 0 Å². The van der Waals surface area contributed by atoms with Crippen molar-refractivity contribution in [3.05, 3.63) is 63.8 Å². The number of hydrogen-bond acceptors (Lipinski definition) is 4. The Labute approximate surface area is 122 Å². The summed E-state index contributed by atoms with van der Waals surface area (Å²) in [5, 5.41) is 13.3. The number of rotatable bonds is 4. The average molecular weight is 285 g/mol. The molecule has 1 heterocycles. The summed E-state index contributed by atoms with van der Waals surface area (Å²) in [7, 11) is 0. The number of aromatic nitrogens is 1. The number of non-ortho nitro benzene ring substituents is 1. The van der Waals surface area contributed by atoms with Crippen LogP contribution in [0.25, 0.3) is 0 Å². The number of nitrogens with one attached hydrogen (secondary N) is 1. The zero-order valence-corrected chi connectivity index (χ0v) is 11.7. The lowest BCUT2D eigenvalue weighted by molar-refractivity contribution is -0.384. The standard InChI is InChI=1S/C15H15N3O3/c1-10-4-3-5-14(16-10)17-15(19)11(2)12-6-8-13(9-7-12)18(20)21/h3-9,11H,1-2H3,(H,16,17,19)/t11-/m1/s1. The molecule has 2 rings (SSSR count). The number of carbonyl (C=O) groups is 1. The number of carbonyl (C=O) groups excluding carboxylic acids is 1. The molecule has 0 bridgehead atoms. The molecular formula is C15H15N3O3. The van der Waals surface area contributed by atoms with Gasteiger partial charge in [0.25, 0.3) is 5.69 Å². The van der Waals surface area contributed by atoms with E-state index >= 15 is 0 Å². The fourth-order valence-corrected chi connectivity index (χ4v) is 1.88. The highest BCUT2D eigenvalue weighted by Crippen LogP contribution is 2.20. The van der Waals surface area contributed by atoms with Gasteiger partial charge in [0, 0.05) is 17.8 Å². The van der Waals surface area contributed by atoms with Crippen LogP contribution in [-0.4, -0.2) is 15.8 Å². The molecule has 0 radical (unpaired) electrons. The van der Waals surface area contributed by atoms with E-state index in [-0.39, 0.29) is 11.6 Å². The summed E-state index contributed by atoms with van der Waals surface area (Å²) in [6.45, 7) is 3.59. The molecular weight excluding hydrogens is 270 g/mol. The highest BCUT2D eigenvalue weighted by atomic mass is 16.6. The maximum absolute atomic E-state index is 12.2. The van der Waals surface area contributed by atoms with E-state index in [1.807, 2.05) is 19.1 Å². The molecule has 0 aliphatic heterocycles. The van der Waals surface area contributed by atoms with Gasteiger partial charge in [0.1, 0.15) is 5.82 Å². The number of amides is 1. The molecule has 0 unspecified atom stereocenters. The van der Waals surface area contributed by atoms with E-state index in [9.17, 15) is 14.9 Å². The van der Waals surface area contributed by atoms with Crippen molar-refractivity contribution in [1.82, 2.24) is 4.98 Å². The van der Waals surface area contributed by atoms with Gasteiger partial charge in [0.05, 0.1) is 10.8 Å². The largest absolute Gasteiger partial charge is 0.310 e. The first-order valence-corrected chi connectivity index (χ1v) is 6.46. The van der Waals surface area contributed by atoms with E-state index in [1.165, 1.54) is 12.1 Å². The third kappa shape index (κ3) is 3.62. The molecule has 0 saturated heterocycles. The molecule has 0 spiro atoms. The lowest BCUT2D eigenvalue weighted by atomic mass is 10.00. The van der Waals surface area contributed by atoms with Crippen LogP contribution in [0.1, 0.15) is 24.1 Å². The SMILES string of the molecule is Cc1cccc(NC(=O)[C@H](C)c2ccc([N+](=O)[O-])cc2)n1. The van der Waals surface area contributed by atoms with Crippen LogP contribution in [0.4, 0.5) is 11.5 Å². The fraction of sp³-hybridized carbons (Fsp3) is 0.200. The number of nitrogens with zero attached hydrogens (tertiary/aromatic N) is 2. The number of benzene rings is 1. The van der Waals surface area contributed by atoms with E-state index < -0.39 is 10.8 Å². The molecule has 108 valence electrons. The summed E-state index contributed by atoms with van der Waals surface area (Å²) in [5.74, 6) is -0.135. The molecule has 0 saturated carbocycles. The highest BCUT2D eigenvalue weighted by molar-refractivity contribution is 5.94. The topological polar surface area (TPSA) is 85.1 Å². The number of nitro benzene ring substituents is 1. The molecule has 6 nitrogen and oxygen atoms in total. The van der Waals surface area contributed by atoms with Gasteiger partial charge in [-0.2, -0.15) is 0 Å². The monoisotopic (exact) mass is 285 g/mol. The van der Waals surface area contributed by atoms with Crippen molar-refractivity contribution in [2.75, 3.05) is 5.32 Å². The zero-order valence-electron chi connectivity index (χ0n) is 11.7. The first kappa shape index (κ1) is 14.6. The lowest BCUT2D eigenvalue weighted by Gasteiger charge is -2.12. The Morgan fingerprint density at radius 2 is 1.90 bits per heavy atom. The minimum atomic E-state index is -0.467. The molecule has 0 aliphatic rings. The Kier molecular flexibility index (Phi) is 4.27. The van der Waals surface area contributed by atoms with Crippen LogP contribution in [0.3, 0.4) is 0 Å². The van der Waals surface area contributed by atoms with Crippen LogP contribution >= 0.6 is 0 Å². The number of anilines is 1. The predicted molar refractivity (Wildman–Crippen MR) is 79.1 cm³/mol. The molecule has 0 fully saturated rings. The minimum absolute atomic E-state index is 0.00621. The molecule has 2 aromatic rings. The van der Waals surface area contributed by atoms with E-state index in [0.717, 1.165) is 5.69 Å². The third-order valence-electron chi connectivity index (χ3n) is 3.14. The van der Waals surface area contributed by atoms with E-state index in [0.29, 0.717) is 11.4 Å². The van der Waals surface area contributed by atoms with Crippen LogP contribution in [0.5, 0.6) is 0 Å². The second kappa shape index (κ2) is 6.13. The van der Waals surface area contributed by atoms with Gasteiger partial charge in [-0.25, -0.2) is 4.98 Å². The zero-order chi connectivity index (χ0) is 15.4. The van der Waals surface area contributed by atoms with Crippen molar-refractivity contribution in [1.29, 1.82) is 0 Å². The van der Waals surface area contributed by atoms with Gasteiger partial charge >= 0.3 is 0 Å².